The predicted octanol–water partition coefficient (Wildman–Crippen LogP) is 5.36. The summed E-state index contributed by atoms with van der Waals surface area (Å²) in [4.78, 5) is 14.7. The van der Waals surface area contributed by atoms with Crippen molar-refractivity contribution in [1.82, 2.24) is 20.9 Å². The Bertz CT molecular complexity index is 1000. The zero-order chi connectivity index (χ0) is 27.8. The van der Waals surface area contributed by atoms with E-state index in [0.29, 0.717) is 19.0 Å². The van der Waals surface area contributed by atoms with Crippen molar-refractivity contribution in [1.29, 1.82) is 0 Å². The summed E-state index contributed by atoms with van der Waals surface area (Å²) in [5.74, 6) is 0.725. The lowest BCUT2D eigenvalue weighted by Gasteiger charge is -2.43. The Balaban J connectivity index is 1.29. The number of urea groups is 1. The number of hydrogen-bond acceptors (Lipinski definition) is 4. The van der Waals surface area contributed by atoms with Crippen molar-refractivity contribution < 1.29 is 18.0 Å². The first-order valence-corrected chi connectivity index (χ1v) is 14.5. The predicted molar refractivity (Wildman–Crippen MR) is 151 cm³/mol. The van der Waals surface area contributed by atoms with E-state index < -0.39 is 11.7 Å². The first-order valence-electron chi connectivity index (χ1n) is 14.5. The SMILES string of the molecule is C[C@H](CC[C@@H]1[C@H](C)c2cc(C(F)(F)F)ccc2N[C@H]1C1C=CC=CC1)CNC(=O)NCCCN1CCNCC1. The number of fused-ring (bicyclic) bond motifs is 1. The van der Waals surface area contributed by atoms with Crippen LogP contribution in [0.1, 0.15) is 56.6 Å². The Morgan fingerprint density at radius 3 is 2.69 bits per heavy atom. The Kier molecular flexibility index (Phi) is 10.4. The van der Waals surface area contributed by atoms with E-state index in [4.69, 9.17) is 0 Å². The average Bonchev–Trinajstić information content (AvgIpc) is 2.94. The highest BCUT2D eigenvalue weighted by molar-refractivity contribution is 5.73. The molecule has 5 atom stereocenters. The Hall–Kier alpha value is -2.52. The zero-order valence-electron chi connectivity index (χ0n) is 23.2. The van der Waals surface area contributed by atoms with Crippen LogP contribution in [0.25, 0.3) is 0 Å². The summed E-state index contributed by atoms with van der Waals surface area (Å²) in [7, 11) is 0. The molecule has 1 unspecified atom stereocenters. The molecule has 0 aromatic heterocycles. The van der Waals surface area contributed by atoms with Crippen molar-refractivity contribution in [3.63, 3.8) is 0 Å². The maximum Gasteiger partial charge on any atom is 0.416 e. The Morgan fingerprint density at radius 1 is 1.18 bits per heavy atom. The second kappa shape index (κ2) is 13.7. The second-order valence-corrected chi connectivity index (χ2v) is 11.4. The van der Waals surface area contributed by atoms with Gasteiger partial charge in [-0.1, -0.05) is 38.2 Å². The van der Waals surface area contributed by atoms with Gasteiger partial charge in [0.2, 0.25) is 0 Å². The van der Waals surface area contributed by atoms with Gasteiger partial charge in [-0.25, -0.2) is 4.79 Å². The average molecular weight is 548 g/mol. The summed E-state index contributed by atoms with van der Waals surface area (Å²) in [5, 5.41) is 12.9. The molecule has 2 aliphatic heterocycles. The lowest BCUT2D eigenvalue weighted by atomic mass is 9.70. The van der Waals surface area contributed by atoms with Crippen LogP contribution in [-0.4, -0.2) is 62.8 Å². The molecule has 4 rings (SSSR count). The molecule has 0 spiro atoms. The first kappa shape index (κ1) is 29.5. The van der Waals surface area contributed by atoms with E-state index in [-0.39, 0.29) is 29.8 Å². The third-order valence-corrected chi connectivity index (χ3v) is 8.52. The second-order valence-electron chi connectivity index (χ2n) is 11.4. The summed E-state index contributed by atoms with van der Waals surface area (Å²) < 4.78 is 40.4. The van der Waals surface area contributed by atoms with Crippen LogP contribution < -0.4 is 21.3 Å². The van der Waals surface area contributed by atoms with Gasteiger partial charge < -0.3 is 26.2 Å². The topological polar surface area (TPSA) is 68.4 Å². The Morgan fingerprint density at radius 2 is 1.97 bits per heavy atom. The molecule has 1 aromatic rings. The molecule has 0 radical (unpaired) electrons. The fourth-order valence-electron chi connectivity index (χ4n) is 6.14. The molecule has 1 fully saturated rings. The monoisotopic (exact) mass is 547 g/mol. The van der Waals surface area contributed by atoms with Crippen LogP contribution in [0.2, 0.25) is 0 Å². The van der Waals surface area contributed by atoms with Crippen molar-refractivity contribution >= 4 is 11.7 Å². The highest BCUT2D eigenvalue weighted by Crippen LogP contribution is 2.45. The van der Waals surface area contributed by atoms with Gasteiger partial charge >= 0.3 is 12.2 Å². The van der Waals surface area contributed by atoms with Crippen LogP contribution in [0.4, 0.5) is 23.7 Å². The molecule has 9 heteroatoms. The minimum absolute atomic E-state index is 0.00741. The number of benzene rings is 1. The molecule has 216 valence electrons. The summed E-state index contributed by atoms with van der Waals surface area (Å²) in [6, 6.07) is 4.10. The van der Waals surface area contributed by atoms with E-state index in [0.717, 1.165) is 69.7 Å². The van der Waals surface area contributed by atoms with Crippen LogP contribution in [0, 0.1) is 17.8 Å². The van der Waals surface area contributed by atoms with Crippen LogP contribution >= 0.6 is 0 Å². The van der Waals surface area contributed by atoms with Gasteiger partial charge in [0.1, 0.15) is 0 Å². The first-order chi connectivity index (χ1) is 18.7. The van der Waals surface area contributed by atoms with Crippen LogP contribution in [-0.2, 0) is 6.18 Å². The van der Waals surface area contributed by atoms with Gasteiger partial charge in [0.25, 0.3) is 0 Å². The van der Waals surface area contributed by atoms with Crippen LogP contribution in [0.15, 0.2) is 42.5 Å². The lowest BCUT2D eigenvalue weighted by Crippen LogP contribution is -2.44. The fourth-order valence-corrected chi connectivity index (χ4v) is 6.14. The van der Waals surface area contributed by atoms with Crippen LogP contribution in [0.5, 0.6) is 0 Å². The maximum absolute atomic E-state index is 13.5. The number of rotatable bonds is 10. The van der Waals surface area contributed by atoms with E-state index in [1.807, 2.05) is 6.08 Å². The lowest BCUT2D eigenvalue weighted by molar-refractivity contribution is -0.137. The van der Waals surface area contributed by atoms with E-state index in [2.05, 4.69) is 58.2 Å². The molecule has 2 heterocycles. The highest BCUT2D eigenvalue weighted by Gasteiger charge is 2.39. The fraction of sp³-hybridized carbons (Fsp3) is 0.633. The van der Waals surface area contributed by atoms with E-state index in [9.17, 15) is 18.0 Å². The van der Waals surface area contributed by atoms with Gasteiger partial charge in [0.05, 0.1) is 5.56 Å². The molecule has 0 bridgehead atoms. The highest BCUT2D eigenvalue weighted by atomic mass is 19.4. The minimum atomic E-state index is -4.36. The number of hydrogen-bond donors (Lipinski definition) is 4. The van der Waals surface area contributed by atoms with Gasteiger partial charge in [-0.05, 0) is 73.7 Å². The number of amides is 2. The van der Waals surface area contributed by atoms with Crippen molar-refractivity contribution in [2.24, 2.45) is 17.8 Å². The van der Waals surface area contributed by atoms with Gasteiger partial charge in [-0.3, -0.25) is 0 Å². The molecule has 0 saturated carbocycles. The number of nitrogens with one attached hydrogen (secondary N) is 4. The molecule has 2 amide bonds. The van der Waals surface area contributed by atoms with Gasteiger partial charge in [-0.15, -0.1) is 0 Å². The number of allylic oxidation sites excluding steroid dienone is 3. The maximum atomic E-state index is 13.5. The third kappa shape index (κ3) is 8.24. The largest absolute Gasteiger partial charge is 0.416 e. The molecule has 39 heavy (non-hydrogen) atoms. The minimum Gasteiger partial charge on any atom is -0.381 e. The number of alkyl halides is 3. The molecule has 1 aromatic carbocycles. The third-order valence-electron chi connectivity index (χ3n) is 8.52. The molecule has 3 aliphatic rings. The number of nitrogens with zero attached hydrogens (tertiary/aromatic N) is 1. The van der Waals surface area contributed by atoms with Crippen molar-refractivity contribution in [3.8, 4) is 0 Å². The van der Waals surface area contributed by atoms with E-state index >= 15 is 0 Å². The number of halogens is 3. The smallest absolute Gasteiger partial charge is 0.381 e. The zero-order valence-corrected chi connectivity index (χ0v) is 23.2. The van der Waals surface area contributed by atoms with Gasteiger partial charge in [0, 0.05) is 56.9 Å². The van der Waals surface area contributed by atoms with Gasteiger partial charge in [0.15, 0.2) is 0 Å². The number of carbonyl (C=O) groups excluding carboxylic acids is 1. The molecule has 1 saturated heterocycles. The van der Waals surface area contributed by atoms with E-state index in [1.54, 1.807) is 6.07 Å². The molecule has 1 aliphatic carbocycles. The van der Waals surface area contributed by atoms with Crippen molar-refractivity contribution in [3.05, 3.63) is 53.6 Å². The number of carbonyl (C=O) groups is 1. The number of anilines is 1. The Labute approximate surface area is 230 Å². The van der Waals surface area contributed by atoms with E-state index in [1.165, 1.54) is 12.1 Å². The quantitative estimate of drug-likeness (QED) is 0.298. The molecular weight excluding hydrogens is 503 g/mol. The van der Waals surface area contributed by atoms with Crippen LogP contribution in [0.3, 0.4) is 0 Å². The summed E-state index contributed by atoms with van der Waals surface area (Å²) in [6.07, 6.45) is 7.73. The van der Waals surface area contributed by atoms with Crippen molar-refractivity contribution in [2.45, 2.75) is 57.7 Å². The molecular formula is C30H44F3N5O. The number of piperazine rings is 1. The summed E-state index contributed by atoms with van der Waals surface area (Å²) in [5.41, 5.74) is 0.958. The summed E-state index contributed by atoms with van der Waals surface area (Å²) in [6.45, 7) is 10.6. The normalized spacial score (nSPS) is 26.0. The summed E-state index contributed by atoms with van der Waals surface area (Å²) >= 11 is 0. The molecule has 4 N–H and O–H groups in total. The van der Waals surface area contributed by atoms with Crippen molar-refractivity contribution in [2.75, 3.05) is 51.1 Å². The molecule has 6 nitrogen and oxygen atoms in total. The standard InChI is InChI=1S/C30H44F3N5O/c1-21(20-36-29(39)35-13-6-16-38-17-14-34-15-18-38)9-11-25-22(2)26-19-24(30(31,32)33)10-12-27(26)37-28(25)23-7-4-3-5-8-23/h3-5,7,10,12,19,21-23,25,28,34,37H,6,8-9,11,13-18,20H2,1-2H3,(H2,35,36,39)/t21-,22+,23?,25-,28+/m1/s1. The van der Waals surface area contributed by atoms with Gasteiger partial charge in [-0.2, -0.15) is 13.2 Å².